The number of ether oxygens (including phenoxy) is 1. The maximum Gasteiger partial charge on any atom is 0.323 e. The van der Waals surface area contributed by atoms with Crippen LogP contribution in [-0.2, 0) is 9.53 Å². The Hall–Kier alpha value is -0.570. The Labute approximate surface area is 68.3 Å². The summed E-state index contributed by atoms with van der Waals surface area (Å²) in [7, 11) is 3.71. The summed E-state index contributed by atoms with van der Waals surface area (Å²) in [6.07, 6.45) is -0.0232. The molecule has 0 aliphatic heterocycles. The van der Waals surface area contributed by atoms with E-state index in [4.69, 9.17) is 4.74 Å². The van der Waals surface area contributed by atoms with Crippen molar-refractivity contribution in [2.75, 3.05) is 14.1 Å². The van der Waals surface area contributed by atoms with Gasteiger partial charge in [-0.25, -0.2) is 0 Å². The van der Waals surface area contributed by atoms with Gasteiger partial charge in [-0.2, -0.15) is 0 Å². The molecule has 3 nitrogen and oxygen atoms in total. The van der Waals surface area contributed by atoms with Gasteiger partial charge in [-0.1, -0.05) is 0 Å². The summed E-state index contributed by atoms with van der Waals surface area (Å²) in [5.41, 5.74) is 0. The van der Waals surface area contributed by atoms with Crippen LogP contribution < -0.4 is 0 Å². The number of hydrogen-bond donors (Lipinski definition) is 0. The van der Waals surface area contributed by atoms with Crippen LogP contribution in [0.5, 0.6) is 0 Å². The maximum absolute atomic E-state index is 11.1. The molecule has 0 spiro atoms. The summed E-state index contributed by atoms with van der Waals surface area (Å²) in [6, 6.07) is -0.155. The molecule has 0 aromatic heterocycles. The van der Waals surface area contributed by atoms with Crippen molar-refractivity contribution < 1.29 is 9.53 Å². The Morgan fingerprint density at radius 1 is 1.27 bits per heavy atom. The first-order valence-corrected chi connectivity index (χ1v) is 3.82. The summed E-state index contributed by atoms with van der Waals surface area (Å²) >= 11 is 0. The number of carbonyl (C=O) groups excluding carboxylic acids is 1. The molecule has 0 saturated carbocycles. The van der Waals surface area contributed by atoms with Crippen molar-refractivity contribution in [3.05, 3.63) is 0 Å². The molecule has 0 aliphatic carbocycles. The van der Waals surface area contributed by atoms with Crippen LogP contribution in [-0.4, -0.2) is 37.1 Å². The van der Waals surface area contributed by atoms with Crippen LogP contribution in [0.1, 0.15) is 20.8 Å². The molecule has 1 atom stereocenters. The topological polar surface area (TPSA) is 29.5 Å². The van der Waals surface area contributed by atoms with E-state index in [9.17, 15) is 4.79 Å². The van der Waals surface area contributed by atoms with Crippen LogP contribution >= 0.6 is 0 Å². The van der Waals surface area contributed by atoms with Crippen LogP contribution in [0.25, 0.3) is 0 Å². The highest BCUT2D eigenvalue weighted by Gasteiger charge is 2.16. The predicted molar refractivity (Wildman–Crippen MR) is 44.4 cm³/mol. The van der Waals surface area contributed by atoms with Gasteiger partial charge in [0, 0.05) is 0 Å². The number of carbonyl (C=O) groups is 1. The quantitative estimate of drug-likeness (QED) is 0.573. The monoisotopic (exact) mass is 159 g/mol. The third-order valence-corrected chi connectivity index (χ3v) is 1.47. The Kier molecular flexibility index (Phi) is 4.11. The average Bonchev–Trinajstić information content (AvgIpc) is 1.84. The molecule has 0 N–H and O–H groups in total. The molecule has 0 radical (unpaired) electrons. The van der Waals surface area contributed by atoms with Crippen LogP contribution in [0.4, 0.5) is 0 Å². The lowest BCUT2D eigenvalue weighted by molar-refractivity contribution is -0.152. The van der Waals surface area contributed by atoms with Crippen molar-refractivity contribution >= 4 is 5.97 Å². The molecular formula is C8H17NO2. The molecule has 0 amide bonds. The number of rotatable bonds is 3. The fraction of sp³-hybridized carbons (Fsp3) is 0.875. The zero-order valence-electron chi connectivity index (χ0n) is 7.92. The zero-order chi connectivity index (χ0) is 9.02. The van der Waals surface area contributed by atoms with E-state index in [0.29, 0.717) is 0 Å². The minimum absolute atomic E-state index is 0.0232. The van der Waals surface area contributed by atoms with E-state index in [1.807, 2.05) is 39.8 Å². The lowest BCUT2D eigenvalue weighted by Gasteiger charge is -2.19. The Morgan fingerprint density at radius 2 is 1.73 bits per heavy atom. The van der Waals surface area contributed by atoms with Gasteiger partial charge < -0.3 is 4.74 Å². The van der Waals surface area contributed by atoms with E-state index in [1.165, 1.54) is 0 Å². The van der Waals surface area contributed by atoms with Crippen molar-refractivity contribution in [1.82, 2.24) is 4.90 Å². The predicted octanol–water partition coefficient (Wildman–Crippen LogP) is 0.888. The molecule has 0 rings (SSSR count). The molecular weight excluding hydrogens is 142 g/mol. The molecule has 0 saturated heterocycles. The number of nitrogens with zero attached hydrogens (tertiary/aromatic N) is 1. The van der Waals surface area contributed by atoms with Gasteiger partial charge in [0.2, 0.25) is 0 Å². The molecule has 1 unspecified atom stereocenters. The van der Waals surface area contributed by atoms with Crippen LogP contribution in [0.3, 0.4) is 0 Å². The third-order valence-electron chi connectivity index (χ3n) is 1.47. The molecule has 0 fully saturated rings. The molecule has 0 aromatic rings. The SMILES string of the molecule is CC(C)OC(=O)C(C)N(C)C. The molecule has 66 valence electrons. The summed E-state index contributed by atoms with van der Waals surface area (Å²) < 4.78 is 4.99. The lowest BCUT2D eigenvalue weighted by Crippen LogP contribution is -2.35. The minimum Gasteiger partial charge on any atom is -0.462 e. The second-order valence-electron chi connectivity index (χ2n) is 3.13. The van der Waals surface area contributed by atoms with Gasteiger partial charge in [0.1, 0.15) is 6.04 Å². The first kappa shape index (κ1) is 10.4. The van der Waals surface area contributed by atoms with Crippen molar-refractivity contribution in [3.8, 4) is 0 Å². The smallest absolute Gasteiger partial charge is 0.323 e. The number of hydrogen-bond acceptors (Lipinski definition) is 3. The van der Waals surface area contributed by atoms with Gasteiger partial charge in [0.25, 0.3) is 0 Å². The zero-order valence-corrected chi connectivity index (χ0v) is 7.92. The lowest BCUT2D eigenvalue weighted by atomic mass is 10.3. The van der Waals surface area contributed by atoms with E-state index in [1.54, 1.807) is 0 Å². The van der Waals surface area contributed by atoms with Crippen molar-refractivity contribution in [2.45, 2.75) is 32.9 Å². The Morgan fingerprint density at radius 3 is 2.00 bits per heavy atom. The fourth-order valence-corrected chi connectivity index (χ4v) is 0.542. The van der Waals surface area contributed by atoms with Crippen LogP contribution in [0.15, 0.2) is 0 Å². The summed E-state index contributed by atoms with van der Waals surface area (Å²) in [5, 5.41) is 0. The number of esters is 1. The van der Waals surface area contributed by atoms with Crippen LogP contribution in [0.2, 0.25) is 0 Å². The highest BCUT2D eigenvalue weighted by molar-refractivity contribution is 5.75. The van der Waals surface area contributed by atoms with Gasteiger partial charge in [-0.05, 0) is 34.9 Å². The normalized spacial score (nSPS) is 13.7. The van der Waals surface area contributed by atoms with Crippen molar-refractivity contribution in [1.29, 1.82) is 0 Å². The van der Waals surface area contributed by atoms with E-state index in [-0.39, 0.29) is 18.1 Å². The Balaban J connectivity index is 3.83. The summed E-state index contributed by atoms with van der Waals surface area (Å²) in [4.78, 5) is 13.0. The molecule has 11 heavy (non-hydrogen) atoms. The van der Waals surface area contributed by atoms with E-state index < -0.39 is 0 Å². The fourth-order valence-electron chi connectivity index (χ4n) is 0.542. The van der Waals surface area contributed by atoms with E-state index in [0.717, 1.165) is 0 Å². The van der Waals surface area contributed by atoms with E-state index >= 15 is 0 Å². The summed E-state index contributed by atoms with van der Waals surface area (Å²) in [5.74, 6) is -0.162. The third kappa shape index (κ3) is 3.98. The largest absolute Gasteiger partial charge is 0.462 e. The van der Waals surface area contributed by atoms with Gasteiger partial charge in [0.15, 0.2) is 0 Å². The Bertz CT molecular complexity index is 132. The first-order chi connectivity index (χ1) is 4.95. The second kappa shape index (κ2) is 4.34. The average molecular weight is 159 g/mol. The van der Waals surface area contributed by atoms with Crippen molar-refractivity contribution in [2.24, 2.45) is 0 Å². The standard InChI is InChI=1S/C8H17NO2/c1-6(2)11-8(10)7(3)9(4)5/h6-7H,1-5H3. The minimum atomic E-state index is -0.162. The van der Waals surface area contributed by atoms with Gasteiger partial charge in [0.05, 0.1) is 6.10 Å². The molecule has 0 bridgehead atoms. The second-order valence-corrected chi connectivity index (χ2v) is 3.13. The molecule has 0 aliphatic rings. The molecule has 0 heterocycles. The van der Waals surface area contributed by atoms with Gasteiger partial charge >= 0.3 is 5.97 Å². The summed E-state index contributed by atoms with van der Waals surface area (Å²) in [6.45, 7) is 5.52. The van der Waals surface area contributed by atoms with E-state index in [2.05, 4.69) is 0 Å². The molecule has 0 aromatic carbocycles. The van der Waals surface area contributed by atoms with Gasteiger partial charge in [-0.3, -0.25) is 9.69 Å². The molecule has 3 heteroatoms. The van der Waals surface area contributed by atoms with Crippen molar-refractivity contribution in [3.63, 3.8) is 0 Å². The number of likely N-dealkylation sites (N-methyl/N-ethyl adjacent to an activating group) is 1. The maximum atomic E-state index is 11.1. The van der Waals surface area contributed by atoms with Crippen LogP contribution in [0, 0.1) is 0 Å². The van der Waals surface area contributed by atoms with Gasteiger partial charge in [-0.15, -0.1) is 0 Å². The first-order valence-electron chi connectivity index (χ1n) is 3.82. The highest BCUT2D eigenvalue weighted by Crippen LogP contribution is 1.98. The highest BCUT2D eigenvalue weighted by atomic mass is 16.5.